The van der Waals surface area contributed by atoms with Gasteiger partial charge in [0.25, 0.3) is 0 Å². The van der Waals surface area contributed by atoms with E-state index in [2.05, 4.69) is 10.4 Å². The highest BCUT2D eigenvalue weighted by Gasteiger charge is 2.11. The predicted molar refractivity (Wildman–Crippen MR) is 81.2 cm³/mol. The zero-order valence-corrected chi connectivity index (χ0v) is 12.7. The van der Waals surface area contributed by atoms with Gasteiger partial charge in [-0.05, 0) is 24.3 Å². The van der Waals surface area contributed by atoms with Crippen LogP contribution in [0, 0.1) is 0 Å². The number of hydrogen-bond acceptors (Lipinski definition) is 3. The molecule has 0 radical (unpaired) electrons. The van der Waals surface area contributed by atoms with E-state index in [9.17, 15) is 5.11 Å². The normalized spacial score (nSPS) is 12.6. The first-order chi connectivity index (χ1) is 9.56. The van der Waals surface area contributed by atoms with Crippen molar-refractivity contribution in [3.05, 3.63) is 51.8 Å². The summed E-state index contributed by atoms with van der Waals surface area (Å²) in [5.41, 5.74) is 1.67. The lowest BCUT2D eigenvalue weighted by molar-refractivity contribution is 0.175. The number of benzene rings is 1. The van der Waals surface area contributed by atoms with Gasteiger partial charge in [0.1, 0.15) is 0 Å². The third kappa shape index (κ3) is 4.21. The molecule has 2 aromatic rings. The number of aromatic nitrogens is 2. The summed E-state index contributed by atoms with van der Waals surface area (Å²) in [6.45, 7) is 1.17. The molecule has 20 heavy (non-hydrogen) atoms. The van der Waals surface area contributed by atoms with Crippen molar-refractivity contribution in [3.8, 4) is 0 Å². The van der Waals surface area contributed by atoms with Crippen molar-refractivity contribution in [2.75, 3.05) is 13.1 Å². The van der Waals surface area contributed by atoms with Crippen molar-refractivity contribution < 1.29 is 5.11 Å². The fourth-order valence-corrected chi connectivity index (χ4v) is 2.36. The van der Waals surface area contributed by atoms with Crippen molar-refractivity contribution in [1.29, 1.82) is 0 Å². The molecular weight excluding hydrogens is 297 g/mol. The molecule has 2 N–H and O–H groups in total. The molecule has 1 aromatic heterocycles. The Balaban J connectivity index is 1.80. The molecule has 0 saturated heterocycles. The summed E-state index contributed by atoms with van der Waals surface area (Å²) in [7, 11) is 1.89. The molecule has 0 aliphatic heterocycles. The molecule has 6 heteroatoms. The lowest BCUT2D eigenvalue weighted by Crippen LogP contribution is -2.24. The quantitative estimate of drug-likeness (QED) is 0.806. The van der Waals surface area contributed by atoms with Crippen molar-refractivity contribution in [3.63, 3.8) is 0 Å². The average Bonchev–Trinajstić information content (AvgIpc) is 2.83. The summed E-state index contributed by atoms with van der Waals surface area (Å²) in [5.74, 6) is 0. The molecule has 4 nitrogen and oxygen atoms in total. The lowest BCUT2D eigenvalue weighted by atomic mass is 10.1. The van der Waals surface area contributed by atoms with Gasteiger partial charge in [-0.15, -0.1) is 0 Å². The molecule has 0 spiro atoms. The maximum Gasteiger partial charge on any atom is 0.0929 e. The first-order valence-electron chi connectivity index (χ1n) is 6.38. The first kappa shape index (κ1) is 15.3. The van der Waals surface area contributed by atoms with Crippen LogP contribution in [0.15, 0.2) is 30.5 Å². The largest absolute Gasteiger partial charge is 0.387 e. The number of aliphatic hydroxyl groups excluding tert-OH is 1. The fourth-order valence-electron chi connectivity index (χ4n) is 1.93. The molecule has 108 valence electrons. The van der Waals surface area contributed by atoms with E-state index in [1.54, 1.807) is 22.9 Å². The minimum absolute atomic E-state index is 0.424. The SMILES string of the molecule is Cn1ccc(CCNCC(O)c2cc(Cl)ccc2Cl)n1. The van der Waals surface area contributed by atoms with Crippen LogP contribution in [0.3, 0.4) is 0 Å². The maximum absolute atomic E-state index is 10.1. The number of nitrogens with zero attached hydrogens (tertiary/aromatic N) is 2. The lowest BCUT2D eigenvalue weighted by Gasteiger charge is -2.13. The van der Waals surface area contributed by atoms with Gasteiger partial charge in [-0.25, -0.2) is 0 Å². The summed E-state index contributed by atoms with van der Waals surface area (Å²) in [6.07, 6.45) is 2.05. The van der Waals surface area contributed by atoms with Gasteiger partial charge in [0.2, 0.25) is 0 Å². The van der Waals surface area contributed by atoms with Crippen molar-refractivity contribution in [2.24, 2.45) is 7.05 Å². The van der Waals surface area contributed by atoms with Crippen molar-refractivity contribution in [1.82, 2.24) is 15.1 Å². The molecule has 2 rings (SSSR count). The Labute approximate surface area is 128 Å². The van der Waals surface area contributed by atoms with Gasteiger partial charge in [0.15, 0.2) is 0 Å². The molecule has 0 amide bonds. The Morgan fingerprint density at radius 2 is 2.15 bits per heavy atom. The van der Waals surface area contributed by atoms with E-state index in [0.29, 0.717) is 22.2 Å². The number of rotatable bonds is 6. The molecule has 0 saturated carbocycles. The van der Waals surface area contributed by atoms with E-state index in [-0.39, 0.29) is 0 Å². The van der Waals surface area contributed by atoms with Gasteiger partial charge in [0, 0.05) is 48.4 Å². The molecular formula is C14H17Cl2N3O. The highest BCUT2D eigenvalue weighted by atomic mass is 35.5. The van der Waals surface area contributed by atoms with Crippen LogP contribution in [0.25, 0.3) is 0 Å². The Morgan fingerprint density at radius 3 is 2.85 bits per heavy atom. The summed E-state index contributed by atoms with van der Waals surface area (Å²) in [5, 5.41) is 18.7. The van der Waals surface area contributed by atoms with E-state index >= 15 is 0 Å². The predicted octanol–water partition coefficient (Wildman–Crippen LogP) is 2.59. The third-order valence-corrected chi connectivity index (χ3v) is 3.56. The molecule has 1 unspecified atom stereocenters. The van der Waals surface area contributed by atoms with Gasteiger partial charge in [-0.1, -0.05) is 23.2 Å². The minimum Gasteiger partial charge on any atom is -0.387 e. The molecule has 0 fully saturated rings. The summed E-state index contributed by atoms with van der Waals surface area (Å²) in [6, 6.07) is 7.06. The van der Waals surface area contributed by atoms with Crippen LogP contribution in [-0.2, 0) is 13.5 Å². The molecule has 0 aliphatic carbocycles. The monoisotopic (exact) mass is 313 g/mol. The van der Waals surface area contributed by atoms with Gasteiger partial charge in [-0.2, -0.15) is 5.10 Å². The highest BCUT2D eigenvalue weighted by molar-refractivity contribution is 6.33. The highest BCUT2D eigenvalue weighted by Crippen LogP contribution is 2.25. The van der Waals surface area contributed by atoms with E-state index in [1.807, 2.05) is 19.3 Å². The minimum atomic E-state index is -0.676. The smallest absolute Gasteiger partial charge is 0.0929 e. The zero-order chi connectivity index (χ0) is 14.5. The number of nitrogens with one attached hydrogen (secondary N) is 1. The van der Waals surface area contributed by atoms with Gasteiger partial charge < -0.3 is 10.4 Å². The van der Waals surface area contributed by atoms with Crippen LogP contribution in [0.2, 0.25) is 10.0 Å². The van der Waals surface area contributed by atoms with Crippen LogP contribution in [0.1, 0.15) is 17.4 Å². The maximum atomic E-state index is 10.1. The van der Waals surface area contributed by atoms with E-state index in [1.165, 1.54) is 0 Å². The molecule has 0 bridgehead atoms. The third-order valence-electron chi connectivity index (χ3n) is 2.98. The van der Waals surface area contributed by atoms with Gasteiger partial charge in [0.05, 0.1) is 11.8 Å². The first-order valence-corrected chi connectivity index (χ1v) is 7.14. The second-order valence-corrected chi connectivity index (χ2v) is 5.46. The van der Waals surface area contributed by atoms with Crippen LogP contribution < -0.4 is 5.32 Å². The standard InChI is InChI=1S/C14H17Cl2N3O/c1-19-7-5-11(18-19)4-6-17-9-14(20)12-8-10(15)2-3-13(12)16/h2-3,5,7-8,14,17,20H,4,6,9H2,1H3. The zero-order valence-electron chi connectivity index (χ0n) is 11.2. The van der Waals surface area contributed by atoms with Crippen LogP contribution in [0.4, 0.5) is 0 Å². The van der Waals surface area contributed by atoms with Crippen LogP contribution >= 0.6 is 23.2 Å². The Kier molecular flexibility index (Phi) is 5.43. The van der Waals surface area contributed by atoms with Crippen molar-refractivity contribution >= 4 is 23.2 Å². The number of halogens is 2. The van der Waals surface area contributed by atoms with Crippen LogP contribution in [0.5, 0.6) is 0 Å². The second-order valence-electron chi connectivity index (χ2n) is 4.62. The molecule has 1 aromatic carbocycles. The molecule has 0 aliphatic rings. The second kappa shape index (κ2) is 7.09. The van der Waals surface area contributed by atoms with Gasteiger partial charge >= 0.3 is 0 Å². The van der Waals surface area contributed by atoms with E-state index < -0.39 is 6.10 Å². The molecule has 1 heterocycles. The fraction of sp³-hybridized carbons (Fsp3) is 0.357. The van der Waals surface area contributed by atoms with Gasteiger partial charge in [-0.3, -0.25) is 4.68 Å². The Morgan fingerprint density at radius 1 is 1.35 bits per heavy atom. The summed E-state index contributed by atoms with van der Waals surface area (Å²) < 4.78 is 1.77. The summed E-state index contributed by atoms with van der Waals surface area (Å²) in [4.78, 5) is 0. The van der Waals surface area contributed by atoms with E-state index in [4.69, 9.17) is 23.2 Å². The topological polar surface area (TPSA) is 50.1 Å². The van der Waals surface area contributed by atoms with Crippen molar-refractivity contribution in [2.45, 2.75) is 12.5 Å². The number of aliphatic hydroxyl groups is 1. The Hall–Kier alpha value is -1.07. The van der Waals surface area contributed by atoms with Crippen LogP contribution in [-0.4, -0.2) is 28.0 Å². The summed E-state index contributed by atoms with van der Waals surface area (Å²) >= 11 is 11.9. The Bertz CT molecular complexity index is 571. The number of aryl methyl sites for hydroxylation is 1. The molecule has 1 atom stereocenters. The van der Waals surface area contributed by atoms with E-state index in [0.717, 1.165) is 18.7 Å². The number of hydrogen-bond donors (Lipinski definition) is 2. The average molecular weight is 314 g/mol.